The van der Waals surface area contributed by atoms with Gasteiger partial charge in [-0.3, -0.25) is 0 Å². The zero-order chi connectivity index (χ0) is 21.0. The highest BCUT2D eigenvalue weighted by molar-refractivity contribution is 5.14. The Morgan fingerprint density at radius 2 is 1.76 bits per heavy atom. The first-order valence-corrected chi connectivity index (χ1v) is 9.46. The van der Waals surface area contributed by atoms with E-state index in [0.717, 1.165) is 5.56 Å². The summed E-state index contributed by atoms with van der Waals surface area (Å²) in [7, 11) is 0. The minimum absolute atomic E-state index is 0.218. The van der Waals surface area contributed by atoms with E-state index in [1.807, 2.05) is 30.3 Å². The molecule has 2 fully saturated rings. The molecule has 0 radical (unpaired) electrons. The van der Waals surface area contributed by atoms with E-state index in [1.165, 1.54) is 0 Å². The Balaban J connectivity index is 1.58. The fourth-order valence-electron chi connectivity index (χ4n) is 3.36. The van der Waals surface area contributed by atoms with Crippen LogP contribution in [0.15, 0.2) is 30.3 Å². The zero-order valence-corrected chi connectivity index (χ0v) is 15.8. The van der Waals surface area contributed by atoms with Crippen LogP contribution < -0.4 is 0 Å². The molecule has 1 aromatic rings. The van der Waals surface area contributed by atoms with Gasteiger partial charge in [0.2, 0.25) is 0 Å². The normalized spacial score (nSPS) is 40.3. The van der Waals surface area contributed by atoms with E-state index in [0.29, 0.717) is 6.42 Å². The lowest BCUT2D eigenvalue weighted by Crippen LogP contribution is -2.61. The third kappa shape index (κ3) is 4.94. The molecule has 0 amide bonds. The van der Waals surface area contributed by atoms with Gasteiger partial charge >= 0.3 is 0 Å². The predicted molar refractivity (Wildman–Crippen MR) is 96.5 cm³/mol. The van der Waals surface area contributed by atoms with Crippen LogP contribution in [0.5, 0.6) is 0 Å². The molecule has 3 rings (SSSR count). The fourth-order valence-corrected chi connectivity index (χ4v) is 3.36. The van der Waals surface area contributed by atoms with Crippen molar-refractivity contribution >= 4 is 0 Å². The molecule has 10 heteroatoms. The summed E-state index contributed by atoms with van der Waals surface area (Å²) >= 11 is 0. The van der Waals surface area contributed by atoms with Crippen molar-refractivity contribution in [1.82, 2.24) is 0 Å². The molecule has 10 nitrogen and oxygen atoms in total. The van der Waals surface area contributed by atoms with Gasteiger partial charge in [0.25, 0.3) is 0 Å². The molecule has 8 atom stereocenters. The predicted octanol–water partition coefficient (Wildman–Crippen LogP) is -2.49. The maximum absolute atomic E-state index is 10.5. The van der Waals surface area contributed by atoms with Crippen LogP contribution in [-0.2, 0) is 25.4 Å². The molecule has 0 aromatic heterocycles. The molecule has 2 aliphatic heterocycles. The maximum Gasteiger partial charge on any atom is 0.187 e. The average molecular weight is 416 g/mol. The Bertz CT molecular complexity index is 629. The molecular formula is C19H28O10. The van der Waals surface area contributed by atoms with Gasteiger partial charge in [0, 0.05) is 0 Å². The summed E-state index contributed by atoms with van der Waals surface area (Å²) in [6.07, 6.45) is -8.92. The SMILES string of the molecule is OC[C@H]1O[C@@H](OCCc2ccccc2)[C@H](O)[C@@H](O)[C@@H]1O[C@@H]1OC[C@](O)(CO)[C@H]1O. The molecule has 29 heavy (non-hydrogen) atoms. The van der Waals surface area contributed by atoms with Gasteiger partial charge in [-0.15, -0.1) is 0 Å². The second-order valence-electron chi connectivity index (χ2n) is 7.30. The van der Waals surface area contributed by atoms with Crippen LogP contribution in [0, 0.1) is 0 Å². The highest BCUT2D eigenvalue weighted by atomic mass is 16.7. The van der Waals surface area contributed by atoms with Gasteiger partial charge in [-0.25, -0.2) is 0 Å². The molecule has 2 heterocycles. The van der Waals surface area contributed by atoms with Crippen LogP contribution in [-0.4, -0.2) is 106 Å². The molecular weight excluding hydrogens is 388 g/mol. The van der Waals surface area contributed by atoms with Crippen LogP contribution in [0.25, 0.3) is 0 Å². The quantitative estimate of drug-likeness (QED) is 0.268. The van der Waals surface area contributed by atoms with Gasteiger partial charge in [0.05, 0.1) is 26.4 Å². The Hall–Kier alpha value is -1.18. The van der Waals surface area contributed by atoms with Crippen LogP contribution in [0.1, 0.15) is 5.56 Å². The number of benzene rings is 1. The molecule has 6 N–H and O–H groups in total. The zero-order valence-electron chi connectivity index (χ0n) is 15.8. The highest BCUT2D eigenvalue weighted by Gasteiger charge is 2.52. The smallest absolute Gasteiger partial charge is 0.187 e. The second-order valence-corrected chi connectivity index (χ2v) is 7.30. The van der Waals surface area contributed by atoms with Crippen molar-refractivity contribution in [2.45, 2.75) is 55.1 Å². The van der Waals surface area contributed by atoms with Crippen molar-refractivity contribution in [3.05, 3.63) is 35.9 Å². The van der Waals surface area contributed by atoms with E-state index >= 15 is 0 Å². The minimum atomic E-state index is -1.90. The third-order valence-electron chi connectivity index (χ3n) is 5.21. The number of rotatable bonds is 8. The summed E-state index contributed by atoms with van der Waals surface area (Å²) < 4.78 is 21.7. The lowest BCUT2D eigenvalue weighted by molar-refractivity contribution is -0.328. The fraction of sp³-hybridized carbons (Fsp3) is 0.684. The van der Waals surface area contributed by atoms with Crippen molar-refractivity contribution in [3.8, 4) is 0 Å². The van der Waals surface area contributed by atoms with Gasteiger partial charge in [0.15, 0.2) is 12.6 Å². The van der Waals surface area contributed by atoms with E-state index in [2.05, 4.69) is 0 Å². The Labute approximate surface area is 167 Å². The first kappa shape index (κ1) is 22.5. The largest absolute Gasteiger partial charge is 0.394 e. The van der Waals surface area contributed by atoms with E-state index in [1.54, 1.807) is 0 Å². The van der Waals surface area contributed by atoms with E-state index < -0.39 is 61.9 Å². The Kier molecular flexibility index (Phi) is 7.57. The topological polar surface area (TPSA) is 158 Å². The molecule has 0 aliphatic carbocycles. The minimum Gasteiger partial charge on any atom is -0.394 e. The summed E-state index contributed by atoms with van der Waals surface area (Å²) in [5.41, 5.74) is -0.872. The number of hydrogen-bond acceptors (Lipinski definition) is 10. The number of aliphatic hydroxyl groups is 6. The number of ether oxygens (including phenoxy) is 4. The summed E-state index contributed by atoms with van der Waals surface area (Å²) in [6.45, 7) is -1.46. The van der Waals surface area contributed by atoms with Gasteiger partial charge in [-0.05, 0) is 12.0 Å². The van der Waals surface area contributed by atoms with E-state index in [9.17, 15) is 30.6 Å². The van der Waals surface area contributed by atoms with Crippen molar-refractivity contribution in [2.24, 2.45) is 0 Å². The second kappa shape index (κ2) is 9.75. The van der Waals surface area contributed by atoms with Gasteiger partial charge in [0.1, 0.15) is 36.1 Å². The first-order chi connectivity index (χ1) is 13.9. The van der Waals surface area contributed by atoms with Crippen molar-refractivity contribution < 1.29 is 49.6 Å². The van der Waals surface area contributed by atoms with E-state index in [-0.39, 0.29) is 13.2 Å². The molecule has 164 valence electrons. The van der Waals surface area contributed by atoms with Gasteiger partial charge < -0.3 is 49.6 Å². The van der Waals surface area contributed by atoms with Gasteiger partial charge in [-0.2, -0.15) is 0 Å². The lowest BCUT2D eigenvalue weighted by Gasteiger charge is -2.42. The Morgan fingerprint density at radius 1 is 1.03 bits per heavy atom. The van der Waals surface area contributed by atoms with Crippen molar-refractivity contribution in [3.63, 3.8) is 0 Å². The van der Waals surface area contributed by atoms with E-state index in [4.69, 9.17) is 18.9 Å². The summed E-state index contributed by atoms with van der Waals surface area (Å²) in [5.74, 6) is 0. The average Bonchev–Trinajstić information content (AvgIpc) is 3.02. The first-order valence-electron chi connectivity index (χ1n) is 9.46. The lowest BCUT2D eigenvalue weighted by atomic mass is 9.98. The van der Waals surface area contributed by atoms with Crippen molar-refractivity contribution in [1.29, 1.82) is 0 Å². The molecule has 2 saturated heterocycles. The molecule has 1 aromatic carbocycles. The van der Waals surface area contributed by atoms with Crippen LogP contribution in [0.2, 0.25) is 0 Å². The summed E-state index contributed by atoms with van der Waals surface area (Å²) in [4.78, 5) is 0. The number of hydrogen-bond donors (Lipinski definition) is 6. The standard InChI is InChI=1S/C19H28O10/c20-8-12-15(29-18-16(24)19(25,9-21)10-27-18)13(22)14(23)17(28-12)26-7-6-11-4-2-1-3-5-11/h1-5,12-18,20-25H,6-10H2/t12-,13-,14-,15-,16+,17-,18+,19-/m1/s1. The van der Waals surface area contributed by atoms with Crippen LogP contribution in [0.4, 0.5) is 0 Å². The van der Waals surface area contributed by atoms with Crippen molar-refractivity contribution in [2.75, 3.05) is 26.4 Å². The highest BCUT2D eigenvalue weighted by Crippen LogP contribution is 2.31. The monoisotopic (exact) mass is 416 g/mol. The summed E-state index contributed by atoms with van der Waals surface area (Å²) in [6, 6.07) is 9.54. The summed E-state index contributed by atoms with van der Waals surface area (Å²) in [5, 5.41) is 59.8. The Morgan fingerprint density at radius 3 is 2.38 bits per heavy atom. The third-order valence-corrected chi connectivity index (χ3v) is 5.21. The van der Waals surface area contributed by atoms with Crippen LogP contribution >= 0.6 is 0 Å². The molecule has 0 bridgehead atoms. The molecule has 0 saturated carbocycles. The van der Waals surface area contributed by atoms with Crippen LogP contribution in [0.3, 0.4) is 0 Å². The maximum atomic E-state index is 10.5. The molecule has 2 aliphatic rings. The van der Waals surface area contributed by atoms with Gasteiger partial charge in [-0.1, -0.05) is 30.3 Å². The molecule has 0 unspecified atom stereocenters. The number of aliphatic hydroxyl groups excluding tert-OH is 5. The molecule has 0 spiro atoms.